The zero-order chi connectivity index (χ0) is 19.8. The average Bonchev–Trinajstić information content (AvgIpc) is 3.26. The molecule has 0 aliphatic carbocycles. The van der Waals surface area contributed by atoms with Crippen LogP contribution in [0, 0.1) is 0 Å². The van der Waals surface area contributed by atoms with E-state index in [2.05, 4.69) is 31.5 Å². The van der Waals surface area contributed by atoms with E-state index in [-0.39, 0.29) is 11.7 Å². The molecule has 7 nitrogen and oxygen atoms in total. The van der Waals surface area contributed by atoms with Crippen LogP contribution in [0.5, 0.6) is 0 Å². The second kappa shape index (κ2) is 7.35. The normalized spacial score (nSPS) is 13.9. The maximum Gasteiger partial charge on any atom is 0.328 e. The van der Waals surface area contributed by atoms with Crippen molar-refractivity contribution in [2.45, 2.75) is 12.8 Å². The molecule has 2 amide bonds. The number of aryl methyl sites for hydroxylation is 2. The molecule has 0 bridgehead atoms. The van der Waals surface area contributed by atoms with Crippen molar-refractivity contribution in [3.63, 3.8) is 0 Å². The zero-order valence-electron chi connectivity index (χ0n) is 15.8. The third kappa shape index (κ3) is 3.40. The fourth-order valence-electron chi connectivity index (χ4n) is 3.70. The Hall–Kier alpha value is -2.74. The van der Waals surface area contributed by atoms with Crippen LogP contribution in [0.2, 0.25) is 0 Å². The van der Waals surface area contributed by atoms with E-state index in [0.717, 1.165) is 47.1 Å². The van der Waals surface area contributed by atoms with Crippen LogP contribution in [0.15, 0.2) is 45.7 Å². The third-order valence-electron chi connectivity index (χ3n) is 5.17. The highest BCUT2D eigenvalue weighted by atomic mass is 79.9. The number of aromatic nitrogens is 2. The second-order valence-corrected chi connectivity index (χ2v) is 7.96. The van der Waals surface area contributed by atoms with Gasteiger partial charge in [0.25, 0.3) is 0 Å². The fourth-order valence-corrected chi connectivity index (χ4v) is 4.10. The van der Waals surface area contributed by atoms with Gasteiger partial charge in [0.1, 0.15) is 0 Å². The number of hydrogen-bond donors (Lipinski definition) is 2. The lowest BCUT2D eigenvalue weighted by molar-refractivity contribution is 0.262. The first-order valence-electron chi connectivity index (χ1n) is 9.22. The molecule has 1 aromatic heterocycles. The lowest BCUT2D eigenvalue weighted by atomic mass is 10.2. The summed E-state index contributed by atoms with van der Waals surface area (Å²) in [6, 6.07) is 11.0. The van der Waals surface area contributed by atoms with E-state index in [4.69, 9.17) is 0 Å². The maximum absolute atomic E-state index is 12.6. The molecule has 0 atom stereocenters. The minimum atomic E-state index is -0.321. The highest BCUT2D eigenvalue weighted by Crippen LogP contribution is 2.33. The number of nitrogens with one attached hydrogen (secondary N) is 2. The van der Waals surface area contributed by atoms with Gasteiger partial charge in [0, 0.05) is 37.3 Å². The fraction of sp³-hybridized carbons (Fsp3) is 0.300. The Kier molecular flexibility index (Phi) is 4.89. The van der Waals surface area contributed by atoms with Gasteiger partial charge in [0.2, 0.25) is 0 Å². The predicted molar refractivity (Wildman–Crippen MR) is 116 cm³/mol. The Labute approximate surface area is 171 Å². The molecule has 2 N–H and O–H groups in total. The van der Waals surface area contributed by atoms with Gasteiger partial charge in [-0.25, -0.2) is 9.59 Å². The number of rotatable bonds is 3. The number of imidazole rings is 1. The average molecular weight is 444 g/mol. The second-order valence-electron chi connectivity index (χ2n) is 7.04. The summed E-state index contributed by atoms with van der Waals surface area (Å²) in [6.45, 7) is 1.88. The summed E-state index contributed by atoms with van der Waals surface area (Å²) < 4.78 is 4.13. The molecule has 4 rings (SSSR count). The van der Waals surface area contributed by atoms with Gasteiger partial charge in [-0.2, -0.15) is 0 Å². The molecule has 2 aromatic carbocycles. The Morgan fingerprint density at radius 1 is 1.00 bits per heavy atom. The molecule has 1 saturated heterocycles. The minimum Gasteiger partial charge on any atom is -0.370 e. The first-order valence-corrected chi connectivity index (χ1v) is 10.0. The van der Waals surface area contributed by atoms with Crippen LogP contribution < -0.4 is 21.2 Å². The van der Waals surface area contributed by atoms with Crippen LogP contribution in [0.3, 0.4) is 0 Å². The van der Waals surface area contributed by atoms with Crippen molar-refractivity contribution in [1.29, 1.82) is 0 Å². The molecule has 1 aliphatic rings. The van der Waals surface area contributed by atoms with Gasteiger partial charge < -0.3 is 15.5 Å². The maximum atomic E-state index is 12.6. The first kappa shape index (κ1) is 18.6. The molecule has 0 spiro atoms. The van der Waals surface area contributed by atoms with Gasteiger partial charge in [0.05, 0.1) is 22.4 Å². The molecule has 0 saturated carbocycles. The topological polar surface area (TPSA) is 71.3 Å². The molecule has 3 aromatic rings. The van der Waals surface area contributed by atoms with E-state index in [1.54, 1.807) is 23.2 Å². The highest BCUT2D eigenvalue weighted by Gasteiger charge is 2.20. The summed E-state index contributed by atoms with van der Waals surface area (Å²) in [7, 11) is 3.51. The number of hydrogen-bond acceptors (Lipinski definition) is 3. The van der Waals surface area contributed by atoms with Gasteiger partial charge >= 0.3 is 11.7 Å². The van der Waals surface area contributed by atoms with Gasteiger partial charge in [-0.3, -0.25) is 9.13 Å². The predicted octanol–water partition coefficient (Wildman–Crippen LogP) is 3.88. The standard InChI is InChI=1S/C20H22BrN5O2/c1-24-17-11-15(23-19(27)22-14-7-5-6-13(21)10-14)16(26-8-3-4-9-26)12-18(17)25(2)20(24)28/h5-7,10-12H,3-4,8-9H2,1-2H3,(H2,22,23,27). The summed E-state index contributed by atoms with van der Waals surface area (Å²) in [5, 5.41) is 5.83. The Morgan fingerprint density at radius 2 is 1.68 bits per heavy atom. The number of halogens is 1. The zero-order valence-corrected chi connectivity index (χ0v) is 17.4. The van der Waals surface area contributed by atoms with Gasteiger partial charge in [-0.05, 0) is 43.2 Å². The molecule has 28 heavy (non-hydrogen) atoms. The van der Waals surface area contributed by atoms with Crippen LogP contribution in [0.4, 0.5) is 21.9 Å². The lowest BCUT2D eigenvalue weighted by Crippen LogP contribution is -2.24. The van der Waals surface area contributed by atoms with Crippen LogP contribution in [-0.2, 0) is 14.1 Å². The van der Waals surface area contributed by atoms with E-state index in [1.807, 2.05) is 36.4 Å². The SMILES string of the molecule is Cn1c(=O)n(C)c2cc(N3CCCC3)c(NC(=O)Nc3cccc(Br)c3)cc21. The number of nitrogens with zero attached hydrogens (tertiary/aromatic N) is 3. The van der Waals surface area contributed by atoms with Gasteiger partial charge in [-0.15, -0.1) is 0 Å². The Bertz CT molecular complexity index is 1110. The van der Waals surface area contributed by atoms with Crippen molar-refractivity contribution in [3.8, 4) is 0 Å². The molecule has 1 aliphatic heterocycles. The van der Waals surface area contributed by atoms with Crippen LogP contribution in [0.25, 0.3) is 11.0 Å². The van der Waals surface area contributed by atoms with Crippen molar-refractivity contribution in [1.82, 2.24) is 9.13 Å². The number of carbonyl (C=O) groups excluding carboxylic acids is 1. The molecule has 0 unspecified atom stereocenters. The van der Waals surface area contributed by atoms with Crippen LogP contribution in [0.1, 0.15) is 12.8 Å². The number of fused-ring (bicyclic) bond motifs is 1. The molecular formula is C20H22BrN5O2. The highest BCUT2D eigenvalue weighted by molar-refractivity contribution is 9.10. The molecule has 0 radical (unpaired) electrons. The van der Waals surface area contributed by atoms with Crippen molar-refractivity contribution in [3.05, 3.63) is 51.4 Å². The summed E-state index contributed by atoms with van der Waals surface area (Å²) in [5.41, 5.74) is 3.89. The molecular weight excluding hydrogens is 422 g/mol. The smallest absolute Gasteiger partial charge is 0.328 e. The van der Waals surface area contributed by atoms with E-state index in [1.165, 1.54) is 0 Å². The van der Waals surface area contributed by atoms with Crippen molar-refractivity contribution in [2.24, 2.45) is 14.1 Å². The number of benzene rings is 2. The molecule has 1 fully saturated rings. The third-order valence-corrected chi connectivity index (χ3v) is 5.66. The molecule has 2 heterocycles. The first-order chi connectivity index (χ1) is 13.4. The van der Waals surface area contributed by atoms with Crippen LogP contribution >= 0.6 is 15.9 Å². The van der Waals surface area contributed by atoms with E-state index < -0.39 is 0 Å². The summed E-state index contributed by atoms with van der Waals surface area (Å²) in [5.74, 6) is 0. The van der Waals surface area contributed by atoms with E-state index >= 15 is 0 Å². The number of amides is 2. The Morgan fingerprint density at radius 3 is 2.36 bits per heavy atom. The monoisotopic (exact) mass is 443 g/mol. The largest absolute Gasteiger partial charge is 0.370 e. The number of anilines is 3. The van der Waals surface area contributed by atoms with Crippen molar-refractivity contribution < 1.29 is 4.79 Å². The van der Waals surface area contributed by atoms with E-state index in [9.17, 15) is 9.59 Å². The van der Waals surface area contributed by atoms with E-state index in [0.29, 0.717) is 11.4 Å². The van der Waals surface area contributed by atoms with Gasteiger partial charge in [-0.1, -0.05) is 22.0 Å². The number of urea groups is 1. The van der Waals surface area contributed by atoms with Crippen molar-refractivity contribution in [2.75, 3.05) is 28.6 Å². The molecule has 146 valence electrons. The number of carbonyl (C=O) groups is 1. The summed E-state index contributed by atoms with van der Waals surface area (Å²) >= 11 is 3.41. The molecule has 8 heteroatoms. The van der Waals surface area contributed by atoms with Crippen LogP contribution in [-0.4, -0.2) is 28.3 Å². The summed E-state index contributed by atoms with van der Waals surface area (Å²) in [4.78, 5) is 27.2. The summed E-state index contributed by atoms with van der Waals surface area (Å²) in [6.07, 6.45) is 2.24. The Balaban J connectivity index is 1.71. The van der Waals surface area contributed by atoms with Crippen molar-refractivity contribution >= 4 is 50.1 Å². The lowest BCUT2D eigenvalue weighted by Gasteiger charge is -2.22. The quantitative estimate of drug-likeness (QED) is 0.644. The van der Waals surface area contributed by atoms with Gasteiger partial charge in [0.15, 0.2) is 0 Å². The minimum absolute atomic E-state index is 0.0851.